The molecule has 2 atom stereocenters. The van der Waals surface area contributed by atoms with Crippen molar-refractivity contribution in [1.29, 1.82) is 0 Å². The van der Waals surface area contributed by atoms with Crippen LogP contribution in [0.5, 0.6) is 5.75 Å². The summed E-state index contributed by atoms with van der Waals surface area (Å²) in [6, 6.07) is 13.2. The van der Waals surface area contributed by atoms with Gasteiger partial charge in [0.2, 0.25) is 5.91 Å². The van der Waals surface area contributed by atoms with Crippen LogP contribution in [0.4, 0.5) is 0 Å². The number of hydrogen-bond acceptors (Lipinski definition) is 3. The number of carbonyl (C=O) groups excluding carboxylic acids is 2. The molecule has 5 nitrogen and oxygen atoms in total. The molecule has 0 heterocycles. The molecule has 0 aromatic heterocycles. The van der Waals surface area contributed by atoms with E-state index in [9.17, 15) is 9.59 Å². The van der Waals surface area contributed by atoms with Crippen molar-refractivity contribution in [3.8, 4) is 5.75 Å². The Morgan fingerprint density at radius 2 is 1.83 bits per heavy atom. The van der Waals surface area contributed by atoms with Gasteiger partial charge in [-0.1, -0.05) is 48.0 Å². The summed E-state index contributed by atoms with van der Waals surface area (Å²) in [4.78, 5) is 24.0. The Morgan fingerprint density at radius 3 is 2.46 bits per heavy atom. The highest BCUT2D eigenvalue weighted by molar-refractivity contribution is 6.32. The van der Waals surface area contributed by atoms with Gasteiger partial charge >= 0.3 is 0 Å². The smallest absolute Gasteiger partial charge is 0.261 e. The molecule has 6 heteroatoms. The van der Waals surface area contributed by atoms with Crippen LogP contribution in [0, 0.1) is 6.92 Å². The molecule has 0 spiro atoms. The van der Waals surface area contributed by atoms with E-state index in [1.54, 1.807) is 43.3 Å². The molecule has 0 radical (unpaired) electrons. The fourth-order valence-corrected chi connectivity index (χ4v) is 2.33. The van der Waals surface area contributed by atoms with Crippen LogP contribution in [0.15, 0.2) is 48.5 Å². The maximum Gasteiger partial charge on any atom is 0.261 e. The van der Waals surface area contributed by atoms with Gasteiger partial charge in [-0.3, -0.25) is 9.59 Å². The van der Waals surface area contributed by atoms with Crippen molar-refractivity contribution >= 4 is 23.4 Å². The van der Waals surface area contributed by atoms with Gasteiger partial charge in [0, 0.05) is 0 Å². The molecule has 3 N–H and O–H groups in total. The molecular weight excluding hydrogens is 328 g/mol. The Hall–Kier alpha value is -2.53. The van der Waals surface area contributed by atoms with Crippen molar-refractivity contribution in [2.24, 2.45) is 5.73 Å². The molecule has 0 bridgehead atoms. The van der Waals surface area contributed by atoms with E-state index < -0.39 is 24.0 Å². The second-order valence-electron chi connectivity index (χ2n) is 5.45. The number of rotatable bonds is 6. The lowest BCUT2D eigenvalue weighted by atomic mass is 10.1. The van der Waals surface area contributed by atoms with Crippen LogP contribution in [0.2, 0.25) is 5.02 Å². The number of benzene rings is 2. The van der Waals surface area contributed by atoms with E-state index in [0.29, 0.717) is 16.3 Å². The number of ether oxygens (including phenoxy) is 1. The zero-order chi connectivity index (χ0) is 17.7. The first-order chi connectivity index (χ1) is 11.4. The lowest BCUT2D eigenvalue weighted by molar-refractivity contribution is -0.131. The Kier molecular flexibility index (Phi) is 5.82. The number of aryl methyl sites for hydroxylation is 1. The van der Waals surface area contributed by atoms with Gasteiger partial charge in [-0.25, -0.2) is 0 Å². The lowest BCUT2D eigenvalue weighted by Crippen LogP contribution is -2.43. The third kappa shape index (κ3) is 4.49. The third-order valence-corrected chi connectivity index (χ3v) is 3.78. The summed E-state index contributed by atoms with van der Waals surface area (Å²) in [5, 5.41) is 3.02. The second-order valence-corrected chi connectivity index (χ2v) is 5.86. The standard InChI is InChI=1S/C18H19ClN2O3/c1-11-8-9-14(19)15(10-11)24-12(2)18(23)21-16(17(20)22)13-6-4-3-5-7-13/h3-10,12,16H,1-2H3,(H2,20,22)(H,21,23). The van der Waals surface area contributed by atoms with Crippen LogP contribution < -0.4 is 15.8 Å². The Bertz CT molecular complexity index is 734. The highest BCUT2D eigenvalue weighted by atomic mass is 35.5. The molecule has 0 aliphatic carbocycles. The number of nitrogens with one attached hydrogen (secondary N) is 1. The van der Waals surface area contributed by atoms with Gasteiger partial charge in [0.25, 0.3) is 5.91 Å². The number of hydrogen-bond donors (Lipinski definition) is 2. The summed E-state index contributed by atoms with van der Waals surface area (Å²) in [7, 11) is 0. The molecule has 2 amide bonds. The summed E-state index contributed by atoms with van der Waals surface area (Å²) in [5.74, 6) is -0.690. The molecule has 2 aromatic carbocycles. The van der Waals surface area contributed by atoms with Gasteiger partial charge in [-0.2, -0.15) is 0 Å². The molecule has 2 unspecified atom stereocenters. The minimum absolute atomic E-state index is 0.412. The molecule has 0 aliphatic rings. The maximum absolute atomic E-state index is 12.3. The predicted octanol–water partition coefficient (Wildman–Crippen LogP) is 2.76. The second kappa shape index (κ2) is 7.84. The van der Waals surface area contributed by atoms with Crippen molar-refractivity contribution in [2.75, 3.05) is 0 Å². The summed E-state index contributed by atoms with van der Waals surface area (Å²) in [6.07, 6.45) is -0.838. The van der Waals surface area contributed by atoms with Crippen LogP contribution in [0.3, 0.4) is 0 Å². The van der Waals surface area contributed by atoms with Crippen LogP contribution >= 0.6 is 11.6 Å². The molecule has 0 aliphatic heterocycles. The largest absolute Gasteiger partial charge is 0.479 e. The van der Waals surface area contributed by atoms with Crippen molar-refractivity contribution in [1.82, 2.24) is 5.32 Å². The average Bonchev–Trinajstić information content (AvgIpc) is 2.56. The summed E-state index contributed by atoms with van der Waals surface area (Å²) in [6.45, 7) is 3.48. The van der Waals surface area contributed by atoms with E-state index in [4.69, 9.17) is 22.1 Å². The first-order valence-electron chi connectivity index (χ1n) is 7.46. The van der Waals surface area contributed by atoms with E-state index in [0.717, 1.165) is 5.56 Å². The number of nitrogens with two attached hydrogens (primary N) is 1. The molecule has 0 saturated heterocycles. The van der Waals surface area contributed by atoms with Gasteiger partial charge in [0.1, 0.15) is 11.8 Å². The first kappa shape index (κ1) is 17.8. The van der Waals surface area contributed by atoms with Gasteiger partial charge < -0.3 is 15.8 Å². The molecule has 0 saturated carbocycles. The normalized spacial score (nSPS) is 13.0. The quantitative estimate of drug-likeness (QED) is 0.843. The summed E-state index contributed by atoms with van der Waals surface area (Å²) >= 11 is 6.07. The van der Waals surface area contributed by atoms with Crippen LogP contribution in [-0.4, -0.2) is 17.9 Å². The van der Waals surface area contributed by atoms with E-state index in [1.807, 2.05) is 19.1 Å². The number of amides is 2. The van der Waals surface area contributed by atoms with E-state index in [2.05, 4.69) is 5.32 Å². The van der Waals surface area contributed by atoms with E-state index in [-0.39, 0.29) is 0 Å². The summed E-state index contributed by atoms with van der Waals surface area (Å²) in [5.41, 5.74) is 6.97. The number of halogens is 1. The fraction of sp³-hybridized carbons (Fsp3) is 0.222. The number of primary amides is 1. The molecule has 126 valence electrons. The fourth-order valence-electron chi connectivity index (χ4n) is 2.17. The first-order valence-corrected chi connectivity index (χ1v) is 7.83. The minimum atomic E-state index is -0.919. The summed E-state index contributed by atoms with van der Waals surface area (Å²) < 4.78 is 5.61. The van der Waals surface area contributed by atoms with Crippen LogP contribution in [0.1, 0.15) is 24.1 Å². The van der Waals surface area contributed by atoms with Crippen molar-refractivity contribution in [2.45, 2.75) is 26.0 Å². The zero-order valence-electron chi connectivity index (χ0n) is 13.5. The highest BCUT2D eigenvalue weighted by Crippen LogP contribution is 2.26. The predicted molar refractivity (Wildman–Crippen MR) is 92.8 cm³/mol. The maximum atomic E-state index is 12.3. The van der Waals surface area contributed by atoms with Gasteiger partial charge in [0.15, 0.2) is 6.10 Å². The lowest BCUT2D eigenvalue weighted by Gasteiger charge is -2.20. The third-order valence-electron chi connectivity index (χ3n) is 3.46. The van der Waals surface area contributed by atoms with Gasteiger partial charge in [-0.15, -0.1) is 0 Å². The van der Waals surface area contributed by atoms with Gasteiger partial charge in [-0.05, 0) is 37.1 Å². The highest BCUT2D eigenvalue weighted by Gasteiger charge is 2.24. The topological polar surface area (TPSA) is 81.4 Å². The van der Waals surface area contributed by atoms with E-state index in [1.165, 1.54) is 0 Å². The zero-order valence-corrected chi connectivity index (χ0v) is 14.2. The van der Waals surface area contributed by atoms with Crippen LogP contribution in [-0.2, 0) is 9.59 Å². The SMILES string of the molecule is Cc1ccc(Cl)c(OC(C)C(=O)NC(C(N)=O)c2ccccc2)c1. The van der Waals surface area contributed by atoms with Crippen molar-refractivity contribution < 1.29 is 14.3 Å². The molecule has 2 rings (SSSR count). The molecular formula is C18H19ClN2O3. The van der Waals surface area contributed by atoms with Crippen molar-refractivity contribution in [3.05, 3.63) is 64.7 Å². The molecule has 24 heavy (non-hydrogen) atoms. The average molecular weight is 347 g/mol. The Labute approximate surface area is 145 Å². The minimum Gasteiger partial charge on any atom is -0.479 e. The monoisotopic (exact) mass is 346 g/mol. The van der Waals surface area contributed by atoms with E-state index >= 15 is 0 Å². The number of carbonyl (C=O) groups is 2. The van der Waals surface area contributed by atoms with Crippen LogP contribution in [0.25, 0.3) is 0 Å². The molecule has 2 aromatic rings. The van der Waals surface area contributed by atoms with Gasteiger partial charge in [0.05, 0.1) is 5.02 Å². The molecule has 0 fully saturated rings. The van der Waals surface area contributed by atoms with Crippen molar-refractivity contribution in [3.63, 3.8) is 0 Å². The Morgan fingerprint density at radius 1 is 1.17 bits per heavy atom. The Balaban J connectivity index is 2.09.